The van der Waals surface area contributed by atoms with Gasteiger partial charge in [0.15, 0.2) is 7.14 Å². The fourth-order valence-electron chi connectivity index (χ4n) is 2.70. The Balaban J connectivity index is 2.10. The van der Waals surface area contributed by atoms with E-state index in [1.807, 2.05) is 60.7 Å². The first-order valence-corrected chi connectivity index (χ1v) is 9.52. The second kappa shape index (κ2) is 7.47. The summed E-state index contributed by atoms with van der Waals surface area (Å²) >= 11 is 0. The summed E-state index contributed by atoms with van der Waals surface area (Å²) in [6.45, 7) is 0. The number of carbonyl (C=O) groups excluding carboxylic acids is 1. The molecule has 0 bridgehead atoms. The molecule has 0 spiro atoms. The van der Waals surface area contributed by atoms with Crippen molar-refractivity contribution < 1.29 is 14.2 Å². The Hall–Kier alpha value is -2.68. The van der Waals surface area contributed by atoms with Gasteiger partial charge in [-0.05, 0) is 12.1 Å². The zero-order valence-electron chi connectivity index (χ0n) is 13.8. The van der Waals surface area contributed by atoms with Gasteiger partial charge in [-0.1, -0.05) is 72.8 Å². The van der Waals surface area contributed by atoms with Crippen molar-refractivity contribution in [2.45, 2.75) is 0 Å². The van der Waals surface area contributed by atoms with Crippen LogP contribution in [0.2, 0.25) is 0 Å². The van der Waals surface area contributed by atoms with E-state index in [1.54, 1.807) is 24.3 Å². The lowest BCUT2D eigenvalue weighted by Gasteiger charge is -2.20. The molecule has 3 aromatic carbocycles. The number of nitrogens with one attached hydrogen (secondary N) is 1. The van der Waals surface area contributed by atoms with Crippen LogP contribution in [-0.2, 0) is 9.40 Å². The first-order valence-electron chi connectivity index (χ1n) is 7.81. The number of carbonyl (C=O) groups is 1. The van der Waals surface area contributed by atoms with Crippen molar-refractivity contribution in [3.63, 3.8) is 0 Å². The summed E-state index contributed by atoms with van der Waals surface area (Å²) in [6.07, 6.45) is 0. The Bertz CT molecular complexity index is 850. The van der Waals surface area contributed by atoms with Gasteiger partial charge in [-0.2, -0.15) is 0 Å². The summed E-state index contributed by atoms with van der Waals surface area (Å²) in [5.41, 5.74) is 2.72. The van der Waals surface area contributed by atoms with Crippen LogP contribution in [-0.4, -0.2) is 13.0 Å². The Labute approximate surface area is 146 Å². The topological polar surface area (TPSA) is 55.4 Å². The third-order valence-corrected chi connectivity index (χ3v) is 7.00. The lowest BCUT2D eigenvalue weighted by atomic mass is 10.2. The molecule has 126 valence electrons. The van der Waals surface area contributed by atoms with Gasteiger partial charge >= 0.3 is 0 Å². The molecule has 0 unspecified atom stereocenters. The van der Waals surface area contributed by atoms with Crippen LogP contribution in [0.4, 0.5) is 0 Å². The van der Waals surface area contributed by atoms with Crippen LogP contribution in [0, 0.1) is 0 Å². The standard InChI is InChI=1S/C20H18NO3P/c1-24-21-20(22)16-12-14-19(15-13-16)25(23,17-8-4-2-5-9-17)18-10-6-3-7-11-18/h2-15H,1H3,(H,21,22). The quantitative estimate of drug-likeness (QED) is 0.568. The molecule has 0 aromatic heterocycles. The van der Waals surface area contributed by atoms with Gasteiger partial charge < -0.3 is 4.57 Å². The number of rotatable bonds is 5. The molecule has 4 nitrogen and oxygen atoms in total. The molecule has 5 heteroatoms. The lowest BCUT2D eigenvalue weighted by molar-refractivity contribution is 0.0537. The Morgan fingerprint density at radius 2 is 1.20 bits per heavy atom. The fraction of sp³-hybridized carbons (Fsp3) is 0.0500. The molecular formula is C20H18NO3P. The summed E-state index contributed by atoms with van der Waals surface area (Å²) in [5, 5.41) is 2.20. The number of amides is 1. The van der Waals surface area contributed by atoms with E-state index in [2.05, 4.69) is 10.3 Å². The van der Waals surface area contributed by atoms with Crippen molar-refractivity contribution in [2.24, 2.45) is 0 Å². The van der Waals surface area contributed by atoms with Crippen LogP contribution < -0.4 is 21.4 Å². The molecule has 0 atom stereocenters. The van der Waals surface area contributed by atoms with Gasteiger partial charge in [0.2, 0.25) is 0 Å². The highest BCUT2D eigenvalue weighted by Crippen LogP contribution is 2.42. The maximum Gasteiger partial charge on any atom is 0.274 e. The third-order valence-electron chi connectivity index (χ3n) is 3.93. The lowest BCUT2D eigenvalue weighted by Crippen LogP contribution is -2.26. The van der Waals surface area contributed by atoms with Gasteiger partial charge in [-0.3, -0.25) is 9.63 Å². The number of hydrogen-bond donors (Lipinski definition) is 1. The van der Waals surface area contributed by atoms with Crippen molar-refractivity contribution in [1.29, 1.82) is 0 Å². The van der Waals surface area contributed by atoms with Crippen LogP contribution in [0.1, 0.15) is 10.4 Å². The van der Waals surface area contributed by atoms with E-state index >= 15 is 0 Å². The predicted octanol–water partition coefficient (Wildman–Crippen LogP) is 2.62. The van der Waals surface area contributed by atoms with Crippen LogP contribution in [0.25, 0.3) is 0 Å². The van der Waals surface area contributed by atoms with Crippen molar-refractivity contribution in [1.82, 2.24) is 5.48 Å². The average molecular weight is 351 g/mol. The Morgan fingerprint density at radius 1 is 0.760 bits per heavy atom. The van der Waals surface area contributed by atoms with E-state index < -0.39 is 7.14 Å². The minimum atomic E-state index is -3.00. The summed E-state index contributed by atoms with van der Waals surface area (Å²) in [6, 6.07) is 25.6. The highest BCUT2D eigenvalue weighted by Gasteiger charge is 2.29. The van der Waals surface area contributed by atoms with E-state index in [9.17, 15) is 9.36 Å². The Morgan fingerprint density at radius 3 is 1.64 bits per heavy atom. The second-order valence-corrected chi connectivity index (χ2v) is 8.23. The Kier molecular flexibility index (Phi) is 5.13. The first-order chi connectivity index (χ1) is 12.2. The van der Waals surface area contributed by atoms with E-state index in [0.717, 1.165) is 10.6 Å². The summed E-state index contributed by atoms with van der Waals surface area (Å²) in [5.74, 6) is -0.344. The zero-order valence-corrected chi connectivity index (χ0v) is 14.6. The van der Waals surface area contributed by atoms with Crippen molar-refractivity contribution in [3.05, 3.63) is 90.5 Å². The van der Waals surface area contributed by atoms with E-state index in [0.29, 0.717) is 10.9 Å². The minimum absolute atomic E-state index is 0.344. The average Bonchev–Trinajstić information content (AvgIpc) is 2.69. The van der Waals surface area contributed by atoms with Gasteiger partial charge in [0.1, 0.15) is 0 Å². The molecule has 0 saturated carbocycles. The summed E-state index contributed by atoms with van der Waals surface area (Å²) < 4.78 is 14.1. The van der Waals surface area contributed by atoms with Crippen molar-refractivity contribution >= 4 is 29.0 Å². The summed E-state index contributed by atoms with van der Waals surface area (Å²) in [4.78, 5) is 16.5. The molecule has 0 aliphatic carbocycles. The minimum Gasteiger partial charge on any atom is -0.309 e. The second-order valence-electron chi connectivity index (χ2n) is 5.46. The maximum absolute atomic E-state index is 14.1. The molecule has 0 fully saturated rings. The van der Waals surface area contributed by atoms with Gasteiger partial charge in [0, 0.05) is 21.5 Å². The molecule has 1 amide bonds. The predicted molar refractivity (Wildman–Crippen MR) is 100 cm³/mol. The van der Waals surface area contributed by atoms with E-state index in [4.69, 9.17) is 0 Å². The zero-order chi connectivity index (χ0) is 17.7. The molecule has 0 heterocycles. The number of hydroxylamine groups is 1. The molecule has 25 heavy (non-hydrogen) atoms. The molecule has 0 saturated heterocycles. The summed E-state index contributed by atoms with van der Waals surface area (Å²) in [7, 11) is -1.62. The smallest absolute Gasteiger partial charge is 0.274 e. The van der Waals surface area contributed by atoms with Gasteiger partial charge in [-0.25, -0.2) is 5.48 Å². The molecule has 3 rings (SSSR count). The molecule has 0 radical (unpaired) electrons. The molecule has 0 aliphatic heterocycles. The first kappa shape index (κ1) is 17.2. The van der Waals surface area contributed by atoms with Gasteiger partial charge in [0.05, 0.1) is 7.11 Å². The third kappa shape index (κ3) is 3.41. The van der Waals surface area contributed by atoms with Crippen molar-refractivity contribution in [3.8, 4) is 0 Å². The number of benzene rings is 3. The number of hydrogen-bond acceptors (Lipinski definition) is 3. The maximum atomic E-state index is 14.1. The SMILES string of the molecule is CONC(=O)c1ccc(P(=O)(c2ccccc2)c2ccccc2)cc1. The highest BCUT2D eigenvalue weighted by molar-refractivity contribution is 7.85. The van der Waals surface area contributed by atoms with Gasteiger partial charge in [0.25, 0.3) is 5.91 Å². The van der Waals surface area contributed by atoms with Crippen LogP contribution in [0.5, 0.6) is 0 Å². The monoisotopic (exact) mass is 351 g/mol. The fourth-order valence-corrected chi connectivity index (χ4v) is 5.34. The van der Waals surface area contributed by atoms with Crippen molar-refractivity contribution in [2.75, 3.05) is 7.11 Å². The largest absolute Gasteiger partial charge is 0.309 e. The van der Waals surface area contributed by atoms with Crippen LogP contribution in [0.15, 0.2) is 84.9 Å². The van der Waals surface area contributed by atoms with Gasteiger partial charge in [-0.15, -0.1) is 0 Å². The van der Waals surface area contributed by atoms with Crippen LogP contribution in [0.3, 0.4) is 0 Å². The van der Waals surface area contributed by atoms with E-state index in [1.165, 1.54) is 7.11 Å². The van der Waals surface area contributed by atoms with E-state index in [-0.39, 0.29) is 5.91 Å². The molecular weight excluding hydrogens is 333 g/mol. The molecule has 0 aliphatic rings. The van der Waals surface area contributed by atoms with Crippen LogP contribution >= 0.6 is 7.14 Å². The molecule has 3 aromatic rings. The highest BCUT2D eigenvalue weighted by atomic mass is 31.2. The normalized spacial score (nSPS) is 11.1. The molecule has 1 N–H and O–H groups in total.